The van der Waals surface area contributed by atoms with Crippen LogP contribution in [-0.4, -0.2) is 16.5 Å². The number of aryl methyl sites for hydroxylation is 1. The van der Waals surface area contributed by atoms with Gasteiger partial charge in [-0.05, 0) is 26.3 Å². The lowest BCUT2D eigenvalue weighted by Crippen LogP contribution is -2.23. The SMILES string of the molecule is CCC(CC)CNCc1ncc(C)c([N+](=O)[O-])c1C. The number of hydrogen-bond donors (Lipinski definition) is 1. The Morgan fingerprint density at radius 1 is 1.37 bits per heavy atom. The van der Waals surface area contributed by atoms with Crippen LogP contribution >= 0.6 is 0 Å². The van der Waals surface area contributed by atoms with Crippen molar-refractivity contribution in [3.05, 3.63) is 33.1 Å². The Bertz CT molecular complexity index is 443. The molecule has 1 aromatic heterocycles. The first-order valence-corrected chi connectivity index (χ1v) is 6.81. The third-order valence-corrected chi connectivity index (χ3v) is 3.64. The molecule has 0 saturated heterocycles. The van der Waals surface area contributed by atoms with Crippen molar-refractivity contribution < 1.29 is 4.92 Å². The van der Waals surface area contributed by atoms with Crippen molar-refractivity contribution in [1.82, 2.24) is 10.3 Å². The van der Waals surface area contributed by atoms with Gasteiger partial charge in [-0.25, -0.2) is 0 Å². The average Bonchev–Trinajstić information content (AvgIpc) is 2.36. The summed E-state index contributed by atoms with van der Waals surface area (Å²) in [5.74, 6) is 0.653. The van der Waals surface area contributed by atoms with E-state index >= 15 is 0 Å². The minimum Gasteiger partial charge on any atom is -0.311 e. The van der Waals surface area contributed by atoms with Gasteiger partial charge in [-0.3, -0.25) is 15.1 Å². The van der Waals surface area contributed by atoms with E-state index in [4.69, 9.17) is 0 Å². The van der Waals surface area contributed by atoms with Gasteiger partial charge < -0.3 is 5.32 Å². The first-order valence-electron chi connectivity index (χ1n) is 6.81. The van der Waals surface area contributed by atoms with Crippen LogP contribution in [0.25, 0.3) is 0 Å². The second kappa shape index (κ2) is 7.19. The topological polar surface area (TPSA) is 68.1 Å². The third kappa shape index (κ3) is 3.99. The van der Waals surface area contributed by atoms with Gasteiger partial charge in [0, 0.05) is 23.9 Å². The van der Waals surface area contributed by atoms with E-state index in [9.17, 15) is 10.1 Å². The second-order valence-electron chi connectivity index (χ2n) is 4.93. The van der Waals surface area contributed by atoms with Crippen molar-refractivity contribution >= 4 is 5.69 Å². The van der Waals surface area contributed by atoms with Crippen LogP contribution < -0.4 is 5.32 Å². The highest BCUT2D eigenvalue weighted by molar-refractivity contribution is 5.47. The van der Waals surface area contributed by atoms with Crippen LogP contribution in [0.1, 0.15) is 43.5 Å². The lowest BCUT2D eigenvalue weighted by molar-refractivity contribution is -0.386. The molecule has 0 amide bonds. The molecule has 0 saturated carbocycles. The summed E-state index contributed by atoms with van der Waals surface area (Å²) in [6.07, 6.45) is 3.87. The fraction of sp³-hybridized carbons (Fsp3) is 0.643. The van der Waals surface area contributed by atoms with Crippen LogP contribution in [0.3, 0.4) is 0 Å². The summed E-state index contributed by atoms with van der Waals surface area (Å²) >= 11 is 0. The van der Waals surface area contributed by atoms with Gasteiger partial charge in [0.1, 0.15) is 0 Å². The fourth-order valence-electron chi connectivity index (χ4n) is 2.20. The van der Waals surface area contributed by atoms with Gasteiger partial charge in [0.05, 0.1) is 10.6 Å². The van der Waals surface area contributed by atoms with Crippen molar-refractivity contribution in [3.8, 4) is 0 Å². The first kappa shape index (κ1) is 15.6. The summed E-state index contributed by atoms with van der Waals surface area (Å²) in [6, 6.07) is 0. The summed E-state index contributed by atoms with van der Waals surface area (Å²) in [4.78, 5) is 15.0. The average molecular weight is 265 g/mol. The van der Waals surface area contributed by atoms with E-state index in [0.29, 0.717) is 23.6 Å². The summed E-state index contributed by atoms with van der Waals surface area (Å²) in [7, 11) is 0. The Morgan fingerprint density at radius 2 is 2.00 bits per heavy atom. The number of pyridine rings is 1. The fourth-order valence-corrected chi connectivity index (χ4v) is 2.20. The molecule has 0 aliphatic heterocycles. The Hall–Kier alpha value is -1.49. The molecule has 1 rings (SSSR count). The number of nitrogens with zero attached hydrogens (tertiary/aromatic N) is 2. The summed E-state index contributed by atoms with van der Waals surface area (Å²) in [6.45, 7) is 9.36. The predicted octanol–water partition coefficient (Wildman–Crippen LogP) is 3.13. The molecule has 0 atom stereocenters. The van der Waals surface area contributed by atoms with E-state index in [0.717, 1.165) is 25.1 Å². The number of nitrogens with one attached hydrogen (secondary N) is 1. The van der Waals surface area contributed by atoms with Gasteiger partial charge in [-0.15, -0.1) is 0 Å². The monoisotopic (exact) mass is 265 g/mol. The summed E-state index contributed by atoms with van der Waals surface area (Å²) < 4.78 is 0. The van der Waals surface area contributed by atoms with Crippen LogP contribution in [-0.2, 0) is 6.54 Å². The molecule has 106 valence electrons. The van der Waals surface area contributed by atoms with Gasteiger partial charge in [-0.1, -0.05) is 26.7 Å². The van der Waals surface area contributed by atoms with Gasteiger partial charge in [-0.2, -0.15) is 0 Å². The Labute approximate surface area is 114 Å². The number of nitro groups is 1. The van der Waals surface area contributed by atoms with Crippen LogP contribution in [0.4, 0.5) is 5.69 Å². The molecule has 0 aliphatic rings. The van der Waals surface area contributed by atoms with E-state index in [-0.39, 0.29) is 10.6 Å². The van der Waals surface area contributed by atoms with Gasteiger partial charge in [0.15, 0.2) is 0 Å². The molecule has 0 spiro atoms. The Balaban J connectivity index is 2.75. The number of aromatic nitrogens is 1. The normalized spacial score (nSPS) is 11.0. The van der Waals surface area contributed by atoms with Crippen molar-refractivity contribution in [2.75, 3.05) is 6.54 Å². The minimum atomic E-state index is -0.323. The molecule has 1 N–H and O–H groups in total. The molecule has 5 heteroatoms. The zero-order valence-electron chi connectivity index (χ0n) is 12.2. The molecular weight excluding hydrogens is 242 g/mol. The van der Waals surface area contributed by atoms with E-state index in [2.05, 4.69) is 24.1 Å². The van der Waals surface area contributed by atoms with E-state index < -0.39 is 0 Å². The smallest absolute Gasteiger partial charge is 0.278 e. The largest absolute Gasteiger partial charge is 0.311 e. The highest BCUT2D eigenvalue weighted by atomic mass is 16.6. The van der Waals surface area contributed by atoms with Gasteiger partial charge in [0.25, 0.3) is 5.69 Å². The Kier molecular flexibility index (Phi) is 5.89. The molecule has 5 nitrogen and oxygen atoms in total. The number of hydrogen-bond acceptors (Lipinski definition) is 4. The first-order chi connectivity index (χ1) is 9.01. The zero-order valence-corrected chi connectivity index (χ0v) is 12.2. The highest BCUT2D eigenvalue weighted by Gasteiger charge is 2.18. The van der Waals surface area contributed by atoms with Crippen LogP contribution in [0.5, 0.6) is 0 Å². The molecule has 0 aromatic carbocycles. The van der Waals surface area contributed by atoms with Crippen LogP contribution in [0.15, 0.2) is 6.20 Å². The van der Waals surface area contributed by atoms with Crippen molar-refractivity contribution in [2.24, 2.45) is 5.92 Å². The molecule has 0 unspecified atom stereocenters. The van der Waals surface area contributed by atoms with Crippen molar-refractivity contribution in [1.29, 1.82) is 0 Å². The molecule has 1 heterocycles. The molecular formula is C14H23N3O2. The quantitative estimate of drug-likeness (QED) is 0.607. The van der Waals surface area contributed by atoms with E-state index in [1.165, 1.54) is 0 Å². The standard InChI is InChI=1S/C14H23N3O2/c1-5-12(6-2)8-15-9-13-11(4)14(17(18)19)10(3)7-16-13/h7,12,15H,5-6,8-9H2,1-4H3. The van der Waals surface area contributed by atoms with Crippen LogP contribution in [0.2, 0.25) is 0 Å². The minimum absolute atomic E-state index is 0.189. The van der Waals surface area contributed by atoms with Crippen molar-refractivity contribution in [3.63, 3.8) is 0 Å². The molecule has 0 aliphatic carbocycles. The zero-order chi connectivity index (χ0) is 14.4. The maximum atomic E-state index is 11.0. The van der Waals surface area contributed by atoms with E-state index in [1.54, 1.807) is 20.0 Å². The van der Waals surface area contributed by atoms with Gasteiger partial charge >= 0.3 is 0 Å². The third-order valence-electron chi connectivity index (χ3n) is 3.64. The lowest BCUT2D eigenvalue weighted by atomic mass is 10.0. The van der Waals surface area contributed by atoms with Crippen LogP contribution in [0, 0.1) is 29.9 Å². The molecule has 0 bridgehead atoms. The summed E-state index contributed by atoms with van der Waals surface area (Å²) in [5.41, 5.74) is 2.24. The second-order valence-corrected chi connectivity index (χ2v) is 4.93. The molecule has 0 fully saturated rings. The maximum Gasteiger partial charge on any atom is 0.278 e. The molecule has 0 radical (unpaired) electrons. The molecule has 19 heavy (non-hydrogen) atoms. The maximum absolute atomic E-state index is 11.0. The highest BCUT2D eigenvalue weighted by Crippen LogP contribution is 2.23. The summed E-state index contributed by atoms with van der Waals surface area (Å²) in [5, 5.41) is 14.4. The lowest BCUT2D eigenvalue weighted by Gasteiger charge is -2.14. The Morgan fingerprint density at radius 3 is 2.53 bits per heavy atom. The van der Waals surface area contributed by atoms with E-state index in [1.807, 2.05) is 0 Å². The van der Waals surface area contributed by atoms with Gasteiger partial charge in [0.2, 0.25) is 0 Å². The van der Waals surface area contributed by atoms with Crippen molar-refractivity contribution in [2.45, 2.75) is 47.1 Å². The predicted molar refractivity (Wildman–Crippen MR) is 76.1 cm³/mol. The molecule has 1 aromatic rings. The number of rotatable bonds is 7.